The minimum Gasteiger partial charge on any atom is -0.458 e. The van der Waals surface area contributed by atoms with Crippen LogP contribution in [0.15, 0.2) is 321 Å². The van der Waals surface area contributed by atoms with Crippen LogP contribution in [0.4, 0.5) is 0 Å². The second-order valence-corrected chi connectivity index (χ2v) is 33.8. The summed E-state index contributed by atoms with van der Waals surface area (Å²) >= 11 is 0. The predicted molar refractivity (Wildman–Crippen MR) is 411 cm³/mol. The van der Waals surface area contributed by atoms with Crippen LogP contribution >= 0.6 is 0 Å². The Balaban J connectivity index is 1.26. The summed E-state index contributed by atoms with van der Waals surface area (Å²) in [6.07, 6.45) is 5.24. The second kappa shape index (κ2) is 24.8. The molecule has 12 aromatic carbocycles. The Morgan fingerprint density at radius 1 is 0.392 bits per heavy atom. The average Bonchev–Trinajstić information content (AvgIpc) is 1.05. The molecule has 15 rings (SSSR count). The molecule has 0 saturated carbocycles. The van der Waals surface area contributed by atoms with Crippen molar-refractivity contribution in [2.45, 2.75) is 78.6 Å². The molecule has 0 aliphatic carbocycles. The van der Waals surface area contributed by atoms with Crippen LogP contribution in [0.25, 0.3) is 61.2 Å². The first kappa shape index (κ1) is 37.0. The Hall–Kier alpha value is -10.7. The molecule has 5 nitrogen and oxygen atoms in total. The van der Waals surface area contributed by atoms with Crippen LogP contribution in [0.3, 0.4) is 0 Å². The minimum atomic E-state index is -6.85. The van der Waals surface area contributed by atoms with Crippen LogP contribution in [0.2, 0.25) is 0 Å². The van der Waals surface area contributed by atoms with Crippen molar-refractivity contribution in [3.05, 3.63) is 344 Å². The van der Waals surface area contributed by atoms with Crippen molar-refractivity contribution in [2.75, 3.05) is 0 Å². The monoisotopic (exact) mass is 1320 g/mol. The number of aromatic nitrogens is 4. The smallest absolute Gasteiger partial charge is 0.269 e. The molecule has 0 radical (unpaired) electrons. The maximum Gasteiger partial charge on any atom is 0.269 e. The van der Waals surface area contributed by atoms with Crippen molar-refractivity contribution in [3.8, 4) is 39.8 Å². The number of rotatable bonds is 14. The summed E-state index contributed by atoms with van der Waals surface area (Å²) < 4.78 is 312. The third kappa shape index (κ3) is 11.2. The molecular weight excluding hydrogens is 1210 g/mol. The number of ether oxygens (including phenoxy) is 1. The average molecular weight is 1320 g/mol. The molecule has 7 heteroatoms. The summed E-state index contributed by atoms with van der Waals surface area (Å²) in [6, 6.07) is 2.69. The molecule has 0 amide bonds. The summed E-state index contributed by atoms with van der Waals surface area (Å²) in [5.74, 6) is 1.09. The number of hydrogen-bond acceptors (Lipinski definition) is 2. The van der Waals surface area contributed by atoms with Gasteiger partial charge in [0.1, 0.15) is 17.3 Å². The van der Waals surface area contributed by atoms with E-state index < -0.39 is 250 Å². The van der Waals surface area contributed by atoms with E-state index in [1.165, 1.54) is 27.3 Å². The van der Waals surface area contributed by atoms with Crippen LogP contribution in [0, 0.1) is 6.33 Å². The molecule has 0 unspecified atom stereocenters. The fourth-order valence-corrected chi connectivity index (χ4v) is 21.2. The van der Waals surface area contributed by atoms with Crippen molar-refractivity contribution in [1.82, 2.24) is 14.1 Å². The highest BCUT2D eigenvalue weighted by atomic mass is 28.3. The summed E-state index contributed by atoms with van der Waals surface area (Å²) in [7, 11) is -13.7. The van der Waals surface area contributed by atoms with E-state index in [4.69, 9.17) is 9.72 Å². The van der Waals surface area contributed by atoms with Gasteiger partial charge in [-0.3, -0.25) is 13.7 Å². The van der Waals surface area contributed by atoms with Gasteiger partial charge in [0.2, 0.25) is 0 Å². The zero-order valence-electron chi connectivity index (χ0n) is 84.5. The van der Waals surface area contributed by atoms with Gasteiger partial charge < -0.3 is 4.74 Å². The molecule has 0 bridgehead atoms. The highest BCUT2D eigenvalue weighted by molar-refractivity contribution is 7.22. The molecule has 3 aromatic heterocycles. The number of benzene rings is 12. The lowest BCUT2D eigenvalue weighted by Crippen LogP contribution is -2.80. The van der Waals surface area contributed by atoms with Crippen molar-refractivity contribution < 1.29 is 50.4 Å². The van der Waals surface area contributed by atoms with Crippen molar-refractivity contribution >= 4 is 90.5 Å². The first-order valence-corrected chi connectivity index (χ1v) is 35.5. The molecular formula is C90H80N4OSi2. The first-order chi connectivity index (χ1) is 59.4. The van der Waals surface area contributed by atoms with Gasteiger partial charge in [0, 0.05) is 23.0 Å². The van der Waals surface area contributed by atoms with Gasteiger partial charge in [-0.2, -0.15) is 0 Å². The van der Waals surface area contributed by atoms with Gasteiger partial charge in [-0.25, -0.2) is 4.98 Å². The summed E-state index contributed by atoms with van der Waals surface area (Å²) in [4.78, 5) is 4.88. The van der Waals surface area contributed by atoms with E-state index in [-0.39, 0.29) is 38.9 Å². The van der Waals surface area contributed by atoms with Gasteiger partial charge in [-0.05, 0) is 140 Å². The number of imidazole rings is 1. The predicted octanol–water partition coefficient (Wildman–Crippen LogP) is 16.3. The van der Waals surface area contributed by atoms with Crippen LogP contribution in [0.5, 0.6) is 11.5 Å². The van der Waals surface area contributed by atoms with E-state index in [2.05, 4.69) is 27.1 Å². The minimum absolute atomic E-state index is 0.0728. The largest absolute Gasteiger partial charge is 0.458 e. The molecule has 3 heterocycles. The van der Waals surface area contributed by atoms with Gasteiger partial charge in [0.25, 0.3) is 6.33 Å². The fraction of sp³-hybridized carbons (Fsp3) is 0.133. The van der Waals surface area contributed by atoms with Gasteiger partial charge >= 0.3 is 0 Å². The van der Waals surface area contributed by atoms with E-state index in [0.717, 1.165) is 27.4 Å². The van der Waals surface area contributed by atoms with Gasteiger partial charge in [0.05, 0.1) is 74.6 Å². The number of fused-ring (bicyclic) bond motifs is 4. The van der Waals surface area contributed by atoms with Crippen LogP contribution in [-0.4, -0.2) is 30.3 Å². The highest BCUT2D eigenvalue weighted by Gasteiger charge is 2.49. The maximum absolute atomic E-state index is 10.6. The standard InChI is InChI=1S/C90H80N4OSi2/c1-88(2,3)66-50-47-64(48-51-66)65-49-54-81-83(57-65)92(69-31-30-32-70(61-69)95-71-52-53-79-78-45-28-29-46-80(78)94(82(79)62-71)86-60-67(55-56-91-86)89(4,5)6)63-93(81)87-84(96(72-33-16-10-17-34-72,73-35-18-11-19-36-73)74-37-20-12-21-38-74)58-68(90(7,8)9)59-85(87)97(75-39-22-13-23-40-75,76-41-24-14-25-42-76)77-43-26-15-27-44-77/h10-62H,1-9H3/i10D,11D,12D,13D,14D,15D,16D,17D,18D,19D,20D,21D,22D,23D,24D,25D,26D,27D,33D,34D,35D,36D,37D,38D,39D,40D,41D,42D,43D,44D. The fourth-order valence-electron chi connectivity index (χ4n) is 13.0. The lowest BCUT2D eigenvalue weighted by atomic mass is 9.86. The lowest BCUT2D eigenvalue weighted by molar-refractivity contribution is -0.570. The van der Waals surface area contributed by atoms with Crippen molar-refractivity contribution in [2.24, 2.45) is 0 Å². The van der Waals surface area contributed by atoms with Crippen LogP contribution in [0.1, 0.15) is 120 Å². The van der Waals surface area contributed by atoms with Crippen molar-refractivity contribution in [3.63, 3.8) is 0 Å². The molecule has 474 valence electrons. The summed E-state index contributed by atoms with van der Waals surface area (Å²) in [5.41, 5.74) is 1.40. The number of para-hydroxylation sites is 1. The lowest BCUT2D eigenvalue weighted by Gasteiger charge is -2.42. The van der Waals surface area contributed by atoms with E-state index in [1.54, 1.807) is 69.4 Å². The SMILES string of the molecule is [2H]c1c([2H])c([2H])c([Si](c2cc(C(C)(C)C)cc([Si](c3c([2H])c([2H])c([2H])c([2H])c3[2H])(c3c([2H])c([2H])c([2H])c([2H])c3[2H])c3c([2H])c([2H])c([2H])c([2H])c3[2H])c2-[n+]2[c-]n(-c3cccc(Oc4ccc5c6ccccc6n(-c6cc(C(C)(C)C)ccn6)c5c4)c3)c3cc(-c4ccc(C(C)(C)C)cc4)ccc32)(c2c([2H])c([2H])c([2H])c([2H])c2[2H])c2c([2H])c([2H])c([2H])c([2H])c2[2H])c([2H])c1[2H]. The van der Waals surface area contributed by atoms with Gasteiger partial charge in [-0.1, -0.05) is 316 Å². The topological polar surface area (TPSA) is 35.9 Å². The van der Waals surface area contributed by atoms with E-state index >= 15 is 0 Å². The molecule has 0 spiro atoms. The first-order valence-electron chi connectivity index (χ1n) is 46.5. The Morgan fingerprint density at radius 3 is 1.35 bits per heavy atom. The third-order valence-corrected chi connectivity index (χ3v) is 26.2. The second-order valence-electron chi connectivity index (χ2n) is 26.8. The zero-order valence-corrected chi connectivity index (χ0v) is 56.5. The molecule has 0 fully saturated rings. The Kier molecular flexibility index (Phi) is 9.46. The Morgan fingerprint density at radius 2 is 0.856 bits per heavy atom. The highest BCUT2D eigenvalue weighted by Crippen LogP contribution is 2.38. The third-order valence-electron chi connectivity index (χ3n) is 17.8. The molecule has 0 aliphatic heterocycles. The normalized spacial score (nSPS) is 16.7. The molecule has 0 saturated heterocycles. The van der Waals surface area contributed by atoms with Gasteiger partial charge in [0.15, 0.2) is 16.1 Å². The Labute approximate surface area is 615 Å². The summed E-state index contributed by atoms with van der Waals surface area (Å²) in [5, 5.41) is -6.30. The zero-order chi connectivity index (χ0) is 92.8. The molecule has 0 aliphatic rings. The molecule has 0 atom stereocenters. The van der Waals surface area contributed by atoms with Crippen LogP contribution in [-0.2, 0) is 16.2 Å². The van der Waals surface area contributed by atoms with Crippen LogP contribution < -0.4 is 50.8 Å². The summed E-state index contributed by atoms with van der Waals surface area (Å²) in [6.45, 7) is 17.1. The molecule has 0 N–H and O–H groups in total. The maximum atomic E-state index is 10.6. The quantitative estimate of drug-likeness (QED) is 0.0471. The van der Waals surface area contributed by atoms with Crippen molar-refractivity contribution in [1.29, 1.82) is 0 Å². The number of hydrogen-bond donors (Lipinski definition) is 0. The van der Waals surface area contributed by atoms with Gasteiger partial charge in [-0.15, -0.1) is 0 Å². The molecule has 97 heavy (non-hydrogen) atoms. The van der Waals surface area contributed by atoms with E-state index in [0.29, 0.717) is 28.2 Å². The van der Waals surface area contributed by atoms with E-state index in [9.17, 15) is 41.1 Å². The Bertz CT molecular complexity index is 6530. The van der Waals surface area contributed by atoms with E-state index in [1.807, 2.05) is 98.1 Å². The number of nitrogens with zero attached hydrogens (tertiary/aromatic N) is 4. The molecule has 15 aromatic rings. The number of pyridine rings is 1.